The van der Waals surface area contributed by atoms with Gasteiger partial charge >= 0.3 is 0 Å². The van der Waals surface area contributed by atoms with Gasteiger partial charge < -0.3 is 15.3 Å². The Morgan fingerprint density at radius 3 is 3.00 bits per heavy atom. The molecule has 1 heterocycles. The quantitative estimate of drug-likeness (QED) is 0.723. The number of carbonyl (C=O) groups excluding carboxylic acids is 1. The van der Waals surface area contributed by atoms with Crippen molar-refractivity contribution in [2.24, 2.45) is 11.3 Å². The molecule has 0 aromatic heterocycles. The summed E-state index contributed by atoms with van der Waals surface area (Å²) in [5.41, 5.74) is 0.0155. The van der Waals surface area contributed by atoms with Crippen LogP contribution in [-0.2, 0) is 4.79 Å². The summed E-state index contributed by atoms with van der Waals surface area (Å²) >= 11 is 0. The van der Waals surface area contributed by atoms with E-state index in [4.69, 9.17) is 0 Å². The van der Waals surface area contributed by atoms with Gasteiger partial charge in [0.15, 0.2) is 0 Å². The van der Waals surface area contributed by atoms with Crippen LogP contribution in [0.2, 0.25) is 0 Å². The minimum absolute atomic E-state index is 0.0155. The number of hydrogen-bond donors (Lipinski definition) is 2. The molecule has 0 unspecified atom stereocenters. The van der Waals surface area contributed by atoms with E-state index in [9.17, 15) is 9.90 Å². The Hall–Kier alpha value is -0.610. The van der Waals surface area contributed by atoms with E-state index in [1.165, 1.54) is 19.3 Å². The topological polar surface area (TPSA) is 52.6 Å². The first-order chi connectivity index (χ1) is 7.72. The Kier molecular flexibility index (Phi) is 3.50. The van der Waals surface area contributed by atoms with Crippen molar-refractivity contribution in [3.05, 3.63) is 0 Å². The number of aliphatic hydroxyl groups is 1. The molecule has 1 saturated carbocycles. The maximum absolute atomic E-state index is 11.8. The standard InChI is InChI=1S/C12H22N2O2/c1-13-6-11(16)14-7-10-4-2-3-5-12(10,8-14)9-15/h10,13,15H,2-9H2,1H3/t10-,12+/m0/s1. The smallest absolute Gasteiger partial charge is 0.236 e. The molecular formula is C12H22N2O2. The maximum atomic E-state index is 11.8. The predicted octanol–water partition coefficient (Wildman–Crippen LogP) is 0.217. The molecule has 2 atom stereocenters. The van der Waals surface area contributed by atoms with Gasteiger partial charge in [0.1, 0.15) is 0 Å². The fourth-order valence-electron chi connectivity index (χ4n) is 3.29. The molecule has 2 fully saturated rings. The summed E-state index contributed by atoms with van der Waals surface area (Å²) in [4.78, 5) is 13.8. The zero-order valence-corrected chi connectivity index (χ0v) is 10.0. The zero-order chi connectivity index (χ0) is 11.6. The van der Waals surface area contributed by atoms with E-state index in [1.54, 1.807) is 7.05 Å². The third-order valence-corrected chi connectivity index (χ3v) is 4.29. The van der Waals surface area contributed by atoms with Crippen LogP contribution in [0.1, 0.15) is 25.7 Å². The molecule has 2 N–H and O–H groups in total. The highest BCUT2D eigenvalue weighted by Gasteiger charge is 2.48. The monoisotopic (exact) mass is 226 g/mol. The van der Waals surface area contributed by atoms with Crippen LogP contribution in [0.25, 0.3) is 0 Å². The number of rotatable bonds is 3. The van der Waals surface area contributed by atoms with Crippen molar-refractivity contribution < 1.29 is 9.90 Å². The lowest BCUT2D eigenvalue weighted by molar-refractivity contribution is -0.129. The van der Waals surface area contributed by atoms with E-state index in [1.807, 2.05) is 4.90 Å². The molecule has 0 bridgehead atoms. The van der Waals surface area contributed by atoms with E-state index >= 15 is 0 Å². The highest BCUT2D eigenvalue weighted by atomic mass is 16.3. The number of hydrogen-bond acceptors (Lipinski definition) is 3. The summed E-state index contributed by atoms with van der Waals surface area (Å²) in [6, 6.07) is 0. The van der Waals surface area contributed by atoms with Crippen LogP contribution in [0.5, 0.6) is 0 Å². The Balaban J connectivity index is 2.04. The highest BCUT2D eigenvalue weighted by molar-refractivity contribution is 5.78. The van der Waals surface area contributed by atoms with Gasteiger partial charge in [-0.05, 0) is 25.8 Å². The number of amides is 1. The van der Waals surface area contributed by atoms with Gasteiger partial charge in [-0.15, -0.1) is 0 Å². The predicted molar refractivity (Wildman–Crippen MR) is 62.0 cm³/mol. The Morgan fingerprint density at radius 2 is 2.38 bits per heavy atom. The molecule has 1 aliphatic heterocycles. The van der Waals surface area contributed by atoms with E-state index in [0.29, 0.717) is 12.5 Å². The Bertz CT molecular complexity index is 270. The Labute approximate surface area is 97.0 Å². The molecule has 1 amide bonds. The van der Waals surface area contributed by atoms with Crippen LogP contribution in [0.4, 0.5) is 0 Å². The lowest BCUT2D eigenvalue weighted by Gasteiger charge is -2.36. The molecule has 4 nitrogen and oxygen atoms in total. The number of likely N-dealkylation sites (N-methyl/N-ethyl adjacent to an activating group) is 1. The van der Waals surface area contributed by atoms with Crippen molar-refractivity contribution in [3.63, 3.8) is 0 Å². The summed E-state index contributed by atoms with van der Waals surface area (Å²) < 4.78 is 0. The molecule has 0 aromatic carbocycles. The molecule has 1 saturated heterocycles. The Morgan fingerprint density at radius 1 is 1.56 bits per heavy atom. The lowest BCUT2D eigenvalue weighted by Crippen LogP contribution is -2.39. The first-order valence-electron chi connectivity index (χ1n) is 6.25. The van der Waals surface area contributed by atoms with Crippen molar-refractivity contribution in [1.82, 2.24) is 10.2 Å². The van der Waals surface area contributed by atoms with E-state index in [2.05, 4.69) is 5.32 Å². The van der Waals surface area contributed by atoms with Gasteiger partial charge in [-0.3, -0.25) is 4.79 Å². The fraction of sp³-hybridized carbons (Fsp3) is 0.917. The molecule has 1 aliphatic carbocycles. The van der Waals surface area contributed by atoms with Gasteiger partial charge in [-0.1, -0.05) is 12.8 Å². The third-order valence-electron chi connectivity index (χ3n) is 4.29. The number of nitrogens with zero attached hydrogens (tertiary/aromatic N) is 1. The molecule has 4 heteroatoms. The van der Waals surface area contributed by atoms with Crippen molar-refractivity contribution in [1.29, 1.82) is 0 Å². The molecule has 2 rings (SSSR count). The van der Waals surface area contributed by atoms with Gasteiger partial charge in [0, 0.05) is 18.5 Å². The molecule has 92 valence electrons. The number of carbonyl (C=O) groups is 1. The number of aliphatic hydroxyl groups excluding tert-OH is 1. The minimum atomic E-state index is 0.0155. The van der Waals surface area contributed by atoms with Gasteiger partial charge in [0.25, 0.3) is 0 Å². The average molecular weight is 226 g/mol. The molecule has 2 aliphatic rings. The van der Waals surface area contributed by atoms with Gasteiger partial charge in [-0.25, -0.2) is 0 Å². The van der Waals surface area contributed by atoms with Crippen molar-refractivity contribution in [2.75, 3.05) is 33.3 Å². The second-order valence-corrected chi connectivity index (χ2v) is 5.27. The largest absolute Gasteiger partial charge is 0.396 e. The van der Waals surface area contributed by atoms with Crippen LogP contribution >= 0.6 is 0 Å². The molecule has 0 spiro atoms. The van der Waals surface area contributed by atoms with Crippen LogP contribution < -0.4 is 5.32 Å². The average Bonchev–Trinajstić information content (AvgIpc) is 2.69. The SMILES string of the molecule is CNCC(=O)N1C[C@@H]2CCCC[C@]2(CO)C1. The van der Waals surface area contributed by atoms with E-state index in [-0.39, 0.29) is 17.9 Å². The first kappa shape index (κ1) is 11.9. The van der Waals surface area contributed by atoms with Crippen molar-refractivity contribution in [2.45, 2.75) is 25.7 Å². The summed E-state index contributed by atoms with van der Waals surface area (Å²) in [6.07, 6.45) is 4.70. The van der Waals surface area contributed by atoms with Crippen LogP contribution in [0, 0.1) is 11.3 Å². The number of fused-ring (bicyclic) bond motifs is 1. The fourth-order valence-corrected chi connectivity index (χ4v) is 3.29. The molecule has 16 heavy (non-hydrogen) atoms. The summed E-state index contributed by atoms with van der Waals surface area (Å²) in [5.74, 6) is 0.691. The molecule has 0 radical (unpaired) electrons. The van der Waals surface area contributed by atoms with E-state index < -0.39 is 0 Å². The lowest BCUT2D eigenvalue weighted by atomic mass is 9.69. The molecular weight excluding hydrogens is 204 g/mol. The van der Waals surface area contributed by atoms with E-state index in [0.717, 1.165) is 19.5 Å². The molecule has 0 aromatic rings. The van der Waals surface area contributed by atoms with Crippen molar-refractivity contribution >= 4 is 5.91 Å². The normalized spacial score (nSPS) is 33.9. The van der Waals surface area contributed by atoms with Crippen LogP contribution in [0.3, 0.4) is 0 Å². The third kappa shape index (κ3) is 1.96. The number of likely N-dealkylation sites (tertiary alicyclic amines) is 1. The van der Waals surface area contributed by atoms with Crippen LogP contribution in [0.15, 0.2) is 0 Å². The van der Waals surface area contributed by atoms with Gasteiger partial charge in [-0.2, -0.15) is 0 Å². The maximum Gasteiger partial charge on any atom is 0.236 e. The van der Waals surface area contributed by atoms with Crippen LogP contribution in [-0.4, -0.2) is 49.2 Å². The highest BCUT2D eigenvalue weighted by Crippen LogP contribution is 2.46. The minimum Gasteiger partial charge on any atom is -0.396 e. The van der Waals surface area contributed by atoms with Gasteiger partial charge in [0.2, 0.25) is 5.91 Å². The summed E-state index contributed by atoms with van der Waals surface area (Å²) in [6.45, 7) is 2.25. The number of nitrogens with one attached hydrogen (secondary N) is 1. The summed E-state index contributed by atoms with van der Waals surface area (Å²) in [5, 5.41) is 12.5. The zero-order valence-electron chi connectivity index (χ0n) is 10.0. The summed E-state index contributed by atoms with van der Waals surface area (Å²) in [7, 11) is 1.79. The van der Waals surface area contributed by atoms with Gasteiger partial charge in [0.05, 0.1) is 13.2 Å². The second-order valence-electron chi connectivity index (χ2n) is 5.27. The second kappa shape index (κ2) is 4.72. The first-order valence-corrected chi connectivity index (χ1v) is 6.25. The van der Waals surface area contributed by atoms with Crippen molar-refractivity contribution in [3.8, 4) is 0 Å².